The van der Waals surface area contributed by atoms with Crippen LogP contribution in [0.4, 0.5) is 0 Å². The van der Waals surface area contributed by atoms with Gasteiger partial charge in [0.15, 0.2) is 0 Å². The topological polar surface area (TPSA) is 188 Å². The van der Waals surface area contributed by atoms with E-state index in [4.69, 9.17) is 0 Å². The lowest BCUT2D eigenvalue weighted by atomic mass is 10.2. The molecule has 0 fully saturated rings. The molecule has 0 heterocycles. The summed E-state index contributed by atoms with van der Waals surface area (Å²) >= 11 is 0.889. The van der Waals surface area contributed by atoms with Gasteiger partial charge in [-0.1, -0.05) is 42.1 Å². The first-order valence-corrected chi connectivity index (χ1v) is 10.7. The summed E-state index contributed by atoms with van der Waals surface area (Å²) in [6.45, 7) is -2.50. The van der Waals surface area contributed by atoms with Crippen molar-refractivity contribution in [3.8, 4) is 0 Å². The first-order valence-electron chi connectivity index (χ1n) is 9.73. The fourth-order valence-corrected chi connectivity index (χ4v) is 3.32. The van der Waals surface area contributed by atoms with Crippen molar-refractivity contribution in [3.63, 3.8) is 0 Å². The SMILES string of the molecule is CNC(=O)[C@@H](CO)NC(O)[C@@H](CO)NC(=O)[C@@H](CO)[N+](=O)CCSC(=O)c1ccccc1. The summed E-state index contributed by atoms with van der Waals surface area (Å²) in [5.41, 5.74) is 0.469. The second-order valence-corrected chi connectivity index (χ2v) is 7.67. The maximum Gasteiger partial charge on any atom is 0.300 e. The molecule has 0 aliphatic carbocycles. The Hall–Kier alpha value is -2.42. The van der Waals surface area contributed by atoms with Crippen molar-refractivity contribution >= 4 is 28.7 Å². The fourth-order valence-electron chi connectivity index (χ4n) is 2.56. The Morgan fingerprint density at radius 2 is 1.69 bits per heavy atom. The van der Waals surface area contributed by atoms with E-state index < -0.39 is 56.0 Å². The second-order valence-electron chi connectivity index (χ2n) is 6.60. The van der Waals surface area contributed by atoms with Crippen LogP contribution in [-0.2, 0) is 9.59 Å². The van der Waals surface area contributed by atoms with Gasteiger partial charge in [-0.15, -0.1) is 0 Å². The zero-order valence-electron chi connectivity index (χ0n) is 17.5. The molecule has 178 valence electrons. The molecule has 0 aromatic heterocycles. The molecular weight excluding hydrogens is 444 g/mol. The van der Waals surface area contributed by atoms with Crippen LogP contribution < -0.4 is 16.0 Å². The van der Waals surface area contributed by atoms with Crippen molar-refractivity contribution in [2.45, 2.75) is 24.4 Å². The van der Waals surface area contributed by atoms with Crippen molar-refractivity contribution < 1.29 is 39.6 Å². The number of aliphatic hydroxyl groups excluding tert-OH is 4. The van der Waals surface area contributed by atoms with Crippen LogP contribution in [0.1, 0.15) is 10.4 Å². The van der Waals surface area contributed by atoms with Crippen LogP contribution in [0.5, 0.6) is 0 Å². The second kappa shape index (κ2) is 14.6. The number of nitroso groups, excluding NO2 is 1. The number of benzene rings is 1. The van der Waals surface area contributed by atoms with E-state index in [-0.39, 0.29) is 17.4 Å². The molecule has 1 rings (SSSR count). The molecule has 2 amide bonds. The van der Waals surface area contributed by atoms with Gasteiger partial charge in [-0.2, -0.15) is 0 Å². The maximum absolute atomic E-state index is 12.4. The quantitative estimate of drug-likeness (QED) is 0.110. The van der Waals surface area contributed by atoms with Crippen LogP contribution >= 0.6 is 11.8 Å². The van der Waals surface area contributed by atoms with Gasteiger partial charge in [0, 0.05) is 22.3 Å². The molecule has 1 aromatic rings. The van der Waals surface area contributed by atoms with Crippen LogP contribution in [0.2, 0.25) is 0 Å². The van der Waals surface area contributed by atoms with E-state index in [2.05, 4.69) is 16.0 Å². The number of hydrogen-bond donors (Lipinski definition) is 7. The summed E-state index contributed by atoms with van der Waals surface area (Å²) in [4.78, 5) is 48.3. The lowest BCUT2D eigenvalue weighted by molar-refractivity contribution is -0.571. The summed E-state index contributed by atoms with van der Waals surface area (Å²) in [5.74, 6) is -1.53. The zero-order chi connectivity index (χ0) is 24.1. The predicted octanol–water partition coefficient (Wildman–Crippen LogP) is -2.81. The molecule has 0 saturated heterocycles. The van der Waals surface area contributed by atoms with Gasteiger partial charge in [-0.3, -0.25) is 19.7 Å². The number of aliphatic hydroxyl groups is 4. The predicted molar refractivity (Wildman–Crippen MR) is 116 cm³/mol. The van der Waals surface area contributed by atoms with Crippen LogP contribution in [0.15, 0.2) is 30.3 Å². The summed E-state index contributed by atoms with van der Waals surface area (Å²) in [5, 5.41) is 44.9. The molecule has 0 bridgehead atoms. The van der Waals surface area contributed by atoms with Gasteiger partial charge >= 0.3 is 6.04 Å². The summed E-state index contributed by atoms with van der Waals surface area (Å²) in [6, 6.07) is 4.36. The van der Waals surface area contributed by atoms with Crippen molar-refractivity contribution in [3.05, 3.63) is 40.8 Å². The Bertz CT molecular complexity index is 767. The Morgan fingerprint density at radius 3 is 2.22 bits per heavy atom. The third-order valence-electron chi connectivity index (χ3n) is 4.40. The molecule has 1 aromatic carbocycles. The van der Waals surface area contributed by atoms with E-state index in [9.17, 15) is 39.7 Å². The lowest BCUT2D eigenvalue weighted by Gasteiger charge is -2.26. The molecule has 1 unspecified atom stereocenters. The average Bonchev–Trinajstić information content (AvgIpc) is 2.81. The van der Waals surface area contributed by atoms with Gasteiger partial charge in [-0.25, -0.2) is 0 Å². The molecule has 0 aliphatic heterocycles. The van der Waals surface area contributed by atoms with Crippen molar-refractivity contribution in [1.29, 1.82) is 0 Å². The van der Waals surface area contributed by atoms with Crippen LogP contribution in [0.25, 0.3) is 0 Å². The Labute approximate surface area is 189 Å². The monoisotopic (exact) mass is 473 g/mol. The first kappa shape index (κ1) is 27.6. The highest BCUT2D eigenvalue weighted by molar-refractivity contribution is 8.14. The molecule has 0 aliphatic rings. The highest BCUT2D eigenvalue weighted by Crippen LogP contribution is 2.12. The summed E-state index contributed by atoms with van der Waals surface area (Å²) in [6.07, 6.45) is -1.64. The van der Waals surface area contributed by atoms with Gasteiger partial charge in [0.2, 0.25) is 17.6 Å². The number of carbonyl (C=O) groups excluding carboxylic acids is 3. The van der Waals surface area contributed by atoms with Gasteiger partial charge in [0.25, 0.3) is 5.91 Å². The minimum atomic E-state index is -1.64. The van der Waals surface area contributed by atoms with Crippen molar-refractivity contribution in [2.24, 2.45) is 0 Å². The zero-order valence-corrected chi connectivity index (χ0v) is 18.3. The van der Waals surface area contributed by atoms with E-state index in [1.165, 1.54) is 7.05 Å². The smallest absolute Gasteiger partial charge is 0.300 e. The molecule has 4 atom stereocenters. The van der Waals surface area contributed by atoms with Gasteiger partial charge in [-0.05, 0) is 0 Å². The first-order chi connectivity index (χ1) is 15.3. The van der Waals surface area contributed by atoms with Crippen molar-refractivity contribution in [1.82, 2.24) is 16.0 Å². The largest absolute Gasteiger partial charge is 0.394 e. The Morgan fingerprint density at radius 1 is 1.03 bits per heavy atom. The third kappa shape index (κ3) is 8.61. The van der Waals surface area contributed by atoms with E-state index in [1.807, 2.05) is 0 Å². The average molecular weight is 474 g/mol. The van der Waals surface area contributed by atoms with E-state index in [1.54, 1.807) is 30.3 Å². The fraction of sp³-hybridized carbons (Fsp3) is 0.526. The minimum absolute atomic E-state index is 0.0684. The normalized spacial score (nSPS) is 14.7. The van der Waals surface area contributed by atoms with E-state index in [0.717, 1.165) is 11.8 Å². The highest BCUT2D eigenvalue weighted by Gasteiger charge is 2.35. The summed E-state index contributed by atoms with van der Waals surface area (Å²) in [7, 11) is 1.32. The molecule has 32 heavy (non-hydrogen) atoms. The minimum Gasteiger partial charge on any atom is -0.394 e. The van der Waals surface area contributed by atoms with E-state index >= 15 is 0 Å². The number of nitrogens with one attached hydrogen (secondary N) is 3. The molecule has 12 nitrogen and oxygen atoms in total. The van der Waals surface area contributed by atoms with E-state index in [0.29, 0.717) is 10.3 Å². The Kier molecular flexibility index (Phi) is 12.6. The molecular formula is C19H29N4O8S+. The lowest BCUT2D eigenvalue weighted by Crippen LogP contribution is -2.60. The number of rotatable bonds is 14. The number of likely N-dealkylation sites (N-methyl/N-ethyl adjacent to an activating group) is 1. The third-order valence-corrected chi connectivity index (χ3v) is 5.29. The highest BCUT2D eigenvalue weighted by atomic mass is 32.2. The van der Waals surface area contributed by atoms with Crippen LogP contribution in [0.3, 0.4) is 0 Å². The van der Waals surface area contributed by atoms with Crippen molar-refractivity contribution in [2.75, 3.05) is 39.2 Å². The van der Waals surface area contributed by atoms with Gasteiger partial charge in [0.1, 0.15) is 18.9 Å². The molecule has 7 N–H and O–H groups in total. The summed E-state index contributed by atoms with van der Waals surface area (Å²) < 4.78 is 0.301. The molecule has 13 heteroatoms. The Balaban J connectivity index is 2.61. The standard InChI is InChI=1S/C19H28N4O8S/c1-20-16(27)13(9-24)21-17(28)14(10-25)22-18(29)15(11-26)23(31)7-8-32-19(30)12-5-3-2-4-6-12/h2-6,13-15,17,21,24-26,28H,7-11H2,1H3,(H-,20,22,27,29)/p+1/t13-,14-,15-,17?/m1/s1. The maximum atomic E-state index is 12.4. The number of amides is 2. The molecule has 0 saturated carbocycles. The number of hydrogen-bond acceptors (Lipinski definition) is 10. The number of thioether (sulfide) groups is 1. The van der Waals surface area contributed by atoms with Gasteiger partial charge in [0.05, 0.1) is 25.0 Å². The number of nitrogens with zero attached hydrogens (tertiary/aromatic N) is 1. The van der Waals surface area contributed by atoms with Crippen LogP contribution in [-0.4, -0.2) is 106 Å². The molecule has 0 radical (unpaired) electrons. The number of carbonyl (C=O) groups is 3. The van der Waals surface area contributed by atoms with Crippen LogP contribution in [0, 0.1) is 4.91 Å². The van der Waals surface area contributed by atoms with Gasteiger partial charge < -0.3 is 31.1 Å². The molecule has 0 spiro atoms.